The van der Waals surface area contributed by atoms with Crippen molar-refractivity contribution in [2.45, 2.75) is 12.8 Å². The van der Waals surface area contributed by atoms with Crippen LogP contribution in [0.25, 0.3) is 88.0 Å². The molecule has 0 fully saturated rings. The van der Waals surface area contributed by atoms with Gasteiger partial charge in [-0.2, -0.15) is 0 Å². The van der Waals surface area contributed by atoms with Gasteiger partial charge in [0.25, 0.3) is 0 Å². The standard InChI is InChI=1S/C62H44N2/c1-3-16-44(17-4-1)56-26-9-11-29-59(56)63(52-37-34-43(35-38-52)48-36-39-55-50(41-48)33-32-45-18-7-8-25-54(45)55)53-24-14-20-47(42-53)46-19-13-21-49(40-46)57-28-15-31-61-62(57)58-27-10-12-30-60(58)64(61)51-22-5-2-6-23-51/h1-3,5-16,18-42H,4,17H2. The monoisotopic (exact) mass is 816 g/mol. The van der Waals surface area contributed by atoms with Crippen molar-refractivity contribution >= 4 is 66.0 Å². The van der Waals surface area contributed by atoms with Crippen molar-refractivity contribution in [3.05, 3.63) is 248 Å². The van der Waals surface area contributed by atoms with E-state index in [1.54, 1.807) is 0 Å². The summed E-state index contributed by atoms with van der Waals surface area (Å²) in [5.74, 6) is 0. The molecule has 0 radical (unpaired) electrons. The van der Waals surface area contributed by atoms with Crippen LogP contribution in [0.3, 0.4) is 0 Å². The number of anilines is 3. The lowest BCUT2D eigenvalue weighted by Crippen LogP contribution is -2.12. The van der Waals surface area contributed by atoms with E-state index >= 15 is 0 Å². The minimum atomic E-state index is 1.02. The molecule has 0 atom stereocenters. The van der Waals surface area contributed by atoms with Crippen LogP contribution in [0, 0.1) is 0 Å². The Balaban J connectivity index is 0.959. The van der Waals surface area contributed by atoms with E-state index in [4.69, 9.17) is 0 Å². The summed E-state index contributed by atoms with van der Waals surface area (Å²) < 4.78 is 2.39. The number of rotatable bonds is 8. The molecule has 0 bridgehead atoms. The molecule has 0 spiro atoms. The molecule has 1 aliphatic carbocycles. The number of fused-ring (bicyclic) bond motifs is 6. The Morgan fingerprint density at radius 2 is 1.05 bits per heavy atom. The molecule has 2 heteroatoms. The fraction of sp³-hybridized carbons (Fsp3) is 0.0323. The number of aromatic nitrogens is 1. The second kappa shape index (κ2) is 15.9. The highest BCUT2D eigenvalue weighted by Crippen LogP contribution is 2.44. The Labute approximate surface area is 373 Å². The summed E-state index contributed by atoms with van der Waals surface area (Å²) >= 11 is 0. The molecule has 1 aromatic heterocycles. The van der Waals surface area contributed by atoms with Crippen LogP contribution in [-0.2, 0) is 0 Å². The Morgan fingerprint density at radius 3 is 1.92 bits per heavy atom. The van der Waals surface area contributed by atoms with E-state index < -0.39 is 0 Å². The van der Waals surface area contributed by atoms with Crippen molar-refractivity contribution in [2.75, 3.05) is 4.90 Å². The van der Waals surface area contributed by atoms with Gasteiger partial charge >= 0.3 is 0 Å². The highest BCUT2D eigenvalue weighted by molar-refractivity contribution is 6.16. The SMILES string of the molecule is C1=CCCC(c2ccccc2N(c2ccc(-c3ccc4c(ccc5ccccc54)c3)cc2)c2cccc(-c3cccc(-c4cccc5c4c4ccccc4n5-c4ccccc4)c3)c2)=C1. The molecule has 2 nitrogen and oxygen atoms in total. The van der Waals surface area contributed by atoms with E-state index in [1.807, 2.05) is 0 Å². The second-order valence-corrected chi connectivity index (χ2v) is 16.8. The van der Waals surface area contributed by atoms with Crippen LogP contribution < -0.4 is 4.90 Å². The number of nitrogens with zero attached hydrogens (tertiary/aromatic N) is 2. The third-order valence-corrected chi connectivity index (χ3v) is 13.0. The van der Waals surface area contributed by atoms with E-state index in [1.165, 1.54) is 93.6 Å². The fourth-order valence-corrected chi connectivity index (χ4v) is 10.00. The number of hydrogen-bond donors (Lipinski definition) is 0. The molecule has 0 saturated carbocycles. The van der Waals surface area contributed by atoms with Crippen LogP contribution in [0.5, 0.6) is 0 Å². The van der Waals surface area contributed by atoms with Gasteiger partial charge in [-0.25, -0.2) is 0 Å². The van der Waals surface area contributed by atoms with Crippen molar-refractivity contribution in [3.8, 4) is 39.1 Å². The summed E-state index contributed by atoms with van der Waals surface area (Å²) in [7, 11) is 0. The molecular weight excluding hydrogens is 773 g/mol. The first-order valence-electron chi connectivity index (χ1n) is 22.3. The maximum absolute atomic E-state index is 2.44. The van der Waals surface area contributed by atoms with Gasteiger partial charge in [-0.05, 0) is 140 Å². The van der Waals surface area contributed by atoms with E-state index in [9.17, 15) is 0 Å². The first kappa shape index (κ1) is 37.6. The minimum Gasteiger partial charge on any atom is -0.310 e. The summed E-state index contributed by atoms with van der Waals surface area (Å²) in [6.07, 6.45) is 8.81. The number of benzene rings is 10. The molecule has 1 aliphatic rings. The van der Waals surface area contributed by atoms with Gasteiger partial charge < -0.3 is 9.47 Å². The quantitative estimate of drug-likeness (QED) is 0.139. The van der Waals surface area contributed by atoms with Gasteiger partial charge in [-0.15, -0.1) is 0 Å². The van der Waals surface area contributed by atoms with Gasteiger partial charge in [0.15, 0.2) is 0 Å². The third-order valence-electron chi connectivity index (χ3n) is 13.0. The molecule has 0 N–H and O–H groups in total. The topological polar surface area (TPSA) is 8.17 Å². The summed E-state index contributed by atoms with van der Waals surface area (Å²) in [6.45, 7) is 0. The lowest BCUT2D eigenvalue weighted by molar-refractivity contribution is 1.05. The first-order chi connectivity index (χ1) is 31.7. The zero-order valence-electron chi connectivity index (χ0n) is 35.4. The predicted octanol–water partition coefficient (Wildman–Crippen LogP) is 17.3. The predicted molar refractivity (Wildman–Crippen MR) is 273 cm³/mol. The van der Waals surface area contributed by atoms with Gasteiger partial charge in [0.1, 0.15) is 0 Å². The molecule has 10 aromatic carbocycles. The molecule has 0 aliphatic heterocycles. The largest absolute Gasteiger partial charge is 0.310 e. The highest BCUT2D eigenvalue weighted by atomic mass is 15.1. The van der Waals surface area contributed by atoms with Gasteiger partial charge in [-0.3, -0.25) is 0 Å². The zero-order valence-corrected chi connectivity index (χ0v) is 35.4. The van der Waals surface area contributed by atoms with Gasteiger partial charge in [-0.1, -0.05) is 176 Å². The third kappa shape index (κ3) is 6.60. The molecule has 0 amide bonds. The van der Waals surface area contributed by atoms with Gasteiger partial charge in [0.2, 0.25) is 0 Å². The average Bonchev–Trinajstić information content (AvgIpc) is 3.72. The maximum Gasteiger partial charge on any atom is 0.0547 e. The van der Waals surface area contributed by atoms with Crippen LogP contribution >= 0.6 is 0 Å². The molecule has 0 unspecified atom stereocenters. The molecule has 64 heavy (non-hydrogen) atoms. The summed E-state index contributed by atoms with van der Waals surface area (Å²) in [5, 5.41) is 7.61. The van der Waals surface area contributed by atoms with Gasteiger partial charge in [0, 0.05) is 33.4 Å². The molecule has 1 heterocycles. The normalized spacial score (nSPS) is 12.6. The van der Waals surface area contributed by atoms with Crippen molar-refractivity contribution in [1.82, 2.24) is 4.57 Å². The van der Waals surface area contributed by atoms with Gasteiger partial charge in [0.05, 0.1) is 16.7 Å². The maximum atomic E-state index is 2.44. The van der Waals surface area contributed by atoms with Crippen LogP contribution in [0.1, 0.15) is 18.4 Å². The fourth-order valence-electron chi connectivity index (χ4n) is 10.00. The second-order valence-electron chi connectivity index (χ2n) is 16.8. The highest BCUT2D eigenvalue weighted by Gasteiger charge is 2.20. The Morgan fingerprint density at radius 1 is 0.391 bits per heavy atom. The summed E-state index contributed by atoms with van der Waals surface area (Å²) in [5.41, 5.74) is 16.8. The Kier molecular flexibility index (Phi) is 9.34. The summed E-state index contributed by atoms with van der Waals surface area (Å²) in [6, 6.07) is 82.3. The molecule has 11 aromatic rings. The Bertz CT molecular complexity index is 3610. The Hall–Kier alpha value is -8.20. The molecule has 12 rings (SSSR count). The minimum absolute atomic E-state index is 1.02. The zero-order chi connectivity index (χ0) is 42.4. The smallest absolute Gasteiger partial charge is 0.0547 e. The van der Waals surface area contributed by atoms with Crippen molar-refractivity contribution in [3.63, 3.8) is 0 Å². The number of hydrogen-bond acceptors (Lipinski definition) is 1. The number of allylic oxidation sites excluding steroid dienone is 4. The van der Waals surface area contributed by atoms with Crippen molar-refractivity contribution in [1.29, 1.82) is 0 Å². The van der Waals surface area contributed by atoms with Crippen molar-refractivity contribution < 1.29 is 0 Å². The van der Waals surface area contributed by atoms with Crippen molar-refractivity contribution in [2.24, 2.45) is 0 Å². The van der Waals surface area contributed by atoms with E-state index in [2.05, 4.69) is 252 Å². The van der Waals surface area contributed by atoms with Crippen LogP contribution in [-0.4, -0.2) is 4.57 Å². The van der Waals surface area contributed by atoms with E-state index in [0.29, 0.717) is 0 Å². The summed E-state index contributed by atoms with van der Waals surface area (Å²) in [4.78, 5) is 2.44. The van der Waals surface area contributed by atoms with E-state index in [0.717, 1.165) is 29.9 Å². The molecule has 302 valence electrons. The lowest BCUT2D eigenvalue weighted by atomic mass is 9.94. The van der Waals surface area contributed by atoms with Crippen LogP contribution in [0.4, 0.5) is 17.1 Å². The molecule has 0 saturated heterocycles. The van der Waals surface area contributed by atoms with E-state index in [-0.39, 0.29) is 0 Å². The average molecular weight is 817 g/mol. The lowest BCUT2D eigenvalue weighted by Gasteiger charge is -2.29. The molecular formula is C62H44N2. The number of para-hydroxylation sites is 3. The van der Waals surface area contributed by atoms with Crippen LogP contribution in [0.2, 0.25) is 0 Å². The first-order valence-corrected chi connectivity index (χ1v) is 22.3. The van der Waals surface area contributed by atoms with Crippen LogP contribution in [0.15, 0.2) is 243 Å².